The van der Waals surface area contributed by atoms with E-state index in [1.165, 1.54) is 45.2 Å². The molecule has 2 heterocycles. The Morgan fingerprint density at radius 3 is 2.19 bits per heavy atom. The molecule has 37 heavy (non-hydrogen) atoms. The first-order valence-corrected chi connectivity index (χ1v) is 13.3. The van der Waals surface area contributed by atoms with Gasteiger partial charge in [-0.3, -0.25) is 9.29 Å². The third-order valence-corrected chi connectivity index (χ3v) is 7.22. The van der Waals surface area contributed by atoms with Gasteiger partial charge in [0.1, 0.15) is 35.1 Å². The minimum Gasteiger partial charge on any atom is -0.494 e. The first-order chi connectivity index (χ1) is 17.6. The number of para-hydroxylation sites is 1. The number of benzene rings is 1. The normalized spacial score (nSPS) is 13.4. The second-order valence-corrected chi connectivity index (χ2v) is 10.9. The van der Waals surface area contributed by atoms with E-state index in [-0.39, 0.29) is 24.3 Å². The number of aromatic nitrogens is 5. The van der Waals surface area contributed by atoms with Gasteiger partial charge in [0.05, 0.1) is 19.2 Å². The highest BCUT2D eigenvalue weighted by molar-refractivity contribution is 7.93. The lowest BCUT2D eigenvalue weighted by Crippen LogP contribution is -2.33. The van der Waals surface area contributed by atoms with Gasteiger partial charge in [0, 0.05) is 26.1 Å². The van der Waals surface area contributed by atoms with Gasteiger partial charge in [0.25, 0.3) is 0 Å². The average Bonchev–Trinajstić information content (AvgIpc) is 3.25. The van der Waals surface area contributed by atoms with E-state index >= 15 is 0 Å². The van der Waals surface area contributed by atoms with Gasteiger partial charge < -0.3 is 18.9 Å². The number of nitrogens with zero attached hydrogens (tertiary/aromatic N) is 5. The number of ether oxygens (including phenoxy) is 4. The molecule has 0 aliphatic carbocycles. The maximum atomic E-state index is 13.5. The average molecular weight is 555 g/mol. The molecule has 0 saturated heterocycles. The van der Waals surface area contributed by atoms with Gasteiger partial charge in [-0.2, -0.15) is 0 Å². The molecule has 2 aromatic heterocycles. The zero-order valence-electron chi connectivity index (χ0n) is 21.5. The van der Waals surface area contributed by atoms with Crippen LogP contribution in [0.3, 0.4) is 0 Å². The number of methoxy groups -OCH3 is 3. The fraction of sp³-hybridized carbons (Fsp3) is 0.478. The number of hydrogen-bond donors (Lipinski definition) is 1. The van der Waals surface area contributed by atoms with E-state index in [2.05, 4.69) is 24.9 Å². The number of sulfonamides is 1. The second-order valence-electron chi connectivity index (χ2n) is 8.46. The van der Waals surface area contributed by atoms with E-state index in [1.807, 2.05) is 13.8 Å². The van der Waals surface area contributed by atoms with Gasteiger partial charge >= 0.3 is 0 Å². The van der Waals surface area contributed by atoms with Crippen molar-refractivity contribution in [2.24, 2.45) is 5.92 Å². The van der Waals surface area contributed by atoms with E-state index in [0.717, 1.165) is 0 Å². The molecule has 3 aromatic rings. The van der Waals surface area contributed by atoms with E-state index < -0.39 is 21.4 Å². The number of anilines is 1. The van der Waals surface area contributed by atoms with Crippen LogP contribution in [0.15, 0.2) is 30.6 Å². The van der Waals surface area contributed by atoms with Crippen molar-refractivity contribution in [1.29, 1.82) is 0 Å². The lowest BCUT2D eigenvalue weighted by atomic mass is 10.2. The summed E-state index contributed by atoms with van der Waals surface area (Å²) < 4.78 is 53.3. The van der Waals surface area contributed by atoms with E-state index in [0.29, 0.717) is 34.6 Å². The predicted molar refractivity (Wildman–Crippen MR) is 138 cm³/mol. The molecule has 0 spiro atoms. The molecule has 1 aromatic carbocycles. The fourth-order valence-corrected chi connectivity index (χ4v) is 4.74. The van der Waals surface area contributed by atoms with Crippen LogP contribution in [0.2, 0.25) is 5.02 Å². The van der Waals surface area contributed by atoms with Crippen LogP contribution in [0.4, 0.5) is 5.95 Å². The summed E-state index contributed by atoms with van der Waals surface area (Å²) in [7, 11) is 0.267. The van der Waals surface area contributed by atoms with Crippen LogP contribution in [0.1, 0.15) is 38.5 Å². The summed E-state index contributed by atoms with van der Waals surface area (Å²) in [5.74, 6) is 1.56. The Morgan fingerprint density at radius 1 is 1.03 bits per heavy atom. The summed E-state index contributed by atoms with van der Waals surface area (Å²) in [6.45, 7) is 6.07. The Balaban J connectivity index is 2.04. The summed E-state index contributed by atoms with van der Waals surface area (Å²) in [5.41, 5.74) is 0.412. The summed E-state index contributed by atoms with van der Waals surface area (Å²) in [6, 6.07) is 5.19. The SMILES string of the molecule is COc1cccc(OC)c1-n1c(COCC(C)C)nnc1NS(=O)(=O)C(C)C(OC)c1ncc(Cl)cn1. The molecule has 0 aliphatic rings. The van der Waals surface area contributed by atoms with Crippen molar-refractivity contribution in [3.63, 3.8) is 0 Å². The lowest BCUT2D eigenvalue weighted by Gasteiger charge is -2.23. The molecule has 1 N–H and O–H groups in total. The number of nitrogens with one attached hydrogen (secondary N) is 1. The van der Waals surface area contributed by atoms with Crippen molar-refractivity contribution in [2.75, 3.05) is 32.7 Å². The molecule has 12 nitrogen and oxygen atoms in total. The molecule has 0 fully saturated rings. The number of hydrogen-bond acceptors (Lipinski definition) is 10. The topological polar surface area (TPSA) is 140 Å². The quantitative estimate of drug-likeness (QED) is 0.334. The molecule has 14 heteroatoms. The molecule has 0 amide bonds. The van der Waals surface area contributed by atoms with Crippen LogP contribution in [0.25, 0.3) is 5.69 Å². The third-order valence-electron chi connectivity index (χ3n) is 5.34. The summed E-state index contributed by atoms with van der Waals surface area (Å²) >= 11 is 5.87. The number of halogens is 1. The summed E-state index contributed by atoms with van der Waals surface area (Å²) in [6.07, 6.45) is 1.76. The van der Waals surface area contributed by atoms with E-state index in [9.17, 15) is 8.42 Å². The molecule has 2 atom stereocenters. The second kappa shape index (κ2) is 12.5. The van der Waals surface area contributed by atoms with Gasteiger partial charge in [-0.05, 0) is 25.0 Å². The molecule has 0 radical (unpaired) electrons. The van der Waals surface area contributed by atoms with E-state index in [4.69, 9.17) is 30.5 Å². The zero-order chi connectivity index (χ0) is 27.2. The monoisotopic (exact) mass is 554 g/mol. The highest BCUT2D eigenvalue weighted by atomic mass is 35.5. The predicted octanol–water partition coefficient (Wildman–Crippen LogP) is 3.42. The maximum Gasteiger partial charge on any atom is 0.243 e. The first-order valence-electron chi connectivity index (χ1n) is 11.4. The van der Waals surface area contributed by atoms with Crippen molar-refractivity contribution >= 4 is 27.6 Å². The van der Waals surface area contributed by atoms with Crippen molar-refractivity contribution in [3.8, 4) is 17.2 Å². The smallest absolute Gasteiger partial charge is 0.243 e. The molecular weight excluding hydrogens is 524 g/mol. The third kappa shape index (κ3) is 6.66. The molecular formula is C23H31ClN6O6S. The van der Waals surface area contributed by atoms with Crippen LogP contribution in [0, 0.1) is 5.92 Å². The largest absolute Gasteiger partial charge is 0.494 e. The lowest BCUT2D eigenvalue weighted by molar-refractivity contribution is 0.0913. The fourth-order valence-electron chi connectivity index (χ4n) is 3.51. The number of rotatable bonds is 13. The molecule has 3 rings (SSSR count). The standard InChI is InChI=1S/C23H31ClN6O6S/c1-14(2)12-36-13-19-27-28-23(30(19)20-17(33-4)8-7-9-18(20)34-5)29-37(31,32)15(3)21(35-6)22-25-10-16(24)11-26-22/h7-11,14-15,21H,12-13H2,1-6H3,(H,28,29). The van der Waals surface area contributed by atoms with Crippen LogP contribution >= 0.6 is 11.6 Å². The van der Waals surface area contributed by atoms with E-state index in [1.54, 1.807) is 18.2 Å². The van der Waals surface area contributed by atoms with Crippen LogP contribution in [0.5, 0.6) is 11.5 Å². The minimum absolute atomic E-state index is 0.0724. The molecule has 202 valence electrons. The van der Waals surface area contributed by atoms with Crippen molar-refractivity contribution < 1.29 is 27.4 Å². The Labute approximate surface area is 221 Å². The minimum atomic E-state index is -4.11. The Bertz CT molecular complexity index is 1260. The molecule has 0 aliphatic heterocycles. The highest BCUT2D eigenvalue weighted by Crippen LogP contribution is 2.36. The first kappa shape index (κ1) is 28.6. The van der Waals surface area contributed by atoms with Crippen LogP contribution in [-0.4, -0.2) is 66.3 Å². The van der Waals surface area contributed by atoms with Crippen molar-refractivity contribution in [3.05, 3.63) is 47.3 Å². The van der Waals surface area contributed by atoms with Crippen molar-refractivity contribution in [1.82, 2.24) is 24.7 Å². The summed E-state index contributed by atoms with van der Waals surface area (Å²) in [5, 5.41) is 7.51. The van der Waals surface area contributed by atoms with Gasteiger partial charge in [-0.1, -0.05) is 31.5 Å². The van der Waals surface area contributed by atoms with Gasteiger partial charge in [0.15, 0.2) is 11.6 Å². The highest BCUT2D eigenvalue weighted by Gasteiger charge is 2.35. The Hall–Kier alpha value is -3.00. The van der Waals surface area contributed by atoms with Gasteiger partial charge in [0.2, 0.25) is 16.0 Å². The summed E-state index contributed by atoms with van der Waals surface area (Å²) in [4.78, 5) is 8.22. The van der Waals surface area contributed by atoms with Gasteiger partial charge in [-0.15, -0.1) is 10.2 Å². The molecule has 0 saturated carbocycles. The van der Waals surface area contributed by atoms with Crippen LogP contribution in [-0.2, 0) is 26.1 Å². The van der Waals surface area contributed by atoms with Gasteiger partial charge in [-0.25, -0.2) is 18.4 Å². The molecule has 0 bridgehead atoms. The van der Waals surface area contributed by atoms with Crippen LogP contribution < -0.4 is 14.2 Å². The Kier molecular flexibility index (Phi) is 9.65. The molecule has 2 unspecified atom stereocenters. The Morgan fingerprint density at radius 2 is 1.65 bits per heavy atom. The maximum absolute atomic E-state index is 13.5. The zero-order valence-corrected chi connectivity index (χ0v) is 23.1. The van der Waals surface area contributed by atoms with Crippen molar-refractivity contribution in [2.45, 2.75) is 38.7 Å².